The number of phosphoric ester groups is 2. The van der Waals surface area contributed by atoms with Crippen molar-refractivity contribution in [2.24, 2.45) is 23.7 Å². The molecule has 0 saturated heterocycles. The molecule has 0 aromatic heterocycles. The van der Waals surface area contributed by atoms with Crippen LogP contribution in [0.25, 0.3) is 0 Å². The van der Waals surface area contributed by atoms with E-state index in [0.717, 1.165) is 114 Å². The van der Waals surface area contributed by atoms with Crippen LogP contribution in [0.15, 0.2) is 0 Å². The van der Waals surface area contributed by atoms with Gasteiger partial charge in [0.25, 0.3) is 0 Å². The molecule has 19 heteroatoms. The average molecular weight is 1550 g/mol. The molecule has 0 saturated carbocycles. The molecule has 0 aromatic carbocycles. The summed E-state index contributed by atoms with van der Waals surface area (Å²) in [5, 5.41) is 10.7. The Bertz CT molecular complexity index is 2060. The van der Waals surface area contributed by atoms with E-state index in [2.05, 4.69) is 55.4 Å². The minimum Gasteiger partial charge on any atom is -0.462 e. The Kier molecular flexibility index (Phi) is 74.3. The van der Waals surface area contributed by atoms with Crippen LogP contribution in [0.3, 0.4) is 0 Å². The molecular formula is C87H170O17P2. The first kappa shape index (κ1) is 104. The van der Waals surface area contributed by atoms with E-state index < -0.39 is 97.5 Å². The van der Waals surface area contributed by atoms with E-state index >= 15 is 0 Å². The summed E-state index contributed by atoms with van der Waals surface area (Å²) in [7, 11) is -9.93. The van der Waals surface area contributed by atoms with Gasteiger partial charge in [0.05, 0.1) is 26.4 Å². The topological polar surface area (TPSA) is 237 Å². The number of rotatable bonds is 84. The van der Waals surface area contributed by atoms with Gasteiger partial charge in [-0.3, -0.25) is 37.3 Å². The van der Waals surface area contributed by atoms with Crippen molar-refractivity contribution >= 4 is 39.5 Å². The van der Waals surface area contributed by atoms with Crippen LogP contribution in [0.4, 0.5) is 0 Å². The number of hydrogen-bond acceptors (Lipinski definition) is 15. The fourth-order valence-corrected chi connectivity index (χ4v) is 15.0. The predicted octanol–water partition coefficient (Wildman–Crippen LogP) is 26.3. The van der Waals surface area contributed by atoms with E-state index in [-0.39, 0.29) is 25.7 Å². The van der Waals surface area contributed by atoms with Gasteiger partial charge in [-0.2, -0.15) is 0 Å². The number of aliphatic hydroxyl groups is 1. The van der Waals surface area contributed by atoms with Crippen molar-refractivity contribution < 1.29 is 80.2 Å². The molecule has 0 fully saturated rings. The Labute approximate surface area is 651 Å². The highest BCUT2D eigenvalue weighted by Crippen LogP contribution is 2.45. The Balaban J connectivity index is 5.21. The summed E-state index contributed by atoms with van der Waals surface area (Å²) < 4.78 is 68.9. The molecule has 6 atom stereocenters. The summed E-state index contributed by atoms with van der Waals surface area (Å²) in [6.07, 6.45) is 65.3. The quantitative estimate of drug-likeness (QED) is 0.0222. The third-order valence-electron chi connectivity index (χ3n) is 20.7. The third-order valence-corrected chi connectivity index (χ3v) is 22.6. The van der Waals surface area contributed by atoms with Gasteiger partial charge in [0.2, 0.25) is 0 Å². The molecule has 0 aromatic rings. The highest BCUT2D eigenvalue weighted by molar-refractivity contribution is 7.47. The maximum absolute atomic E-state index is 13.1. The maximum Gasteiger partial charge on any atom is 0.472 e. The van der Waals surface area contributed by atoms with Gasteiger partial charge in [0.15, 0.2) is 12.2 Å². The highest BCUT2D eigenvalue weighted by atomic mass is 31.2. The molecular weight excluding hydrogens is 1380 g/mol. The second-order valence-electron chi connectivity index (χ2n) is 33.0. The van der Waals surface area contributed by atoms with Gasteiger partial charge < -0.3 is 33.8 Å². The molecule has 4 unspecified atom stereocenters. The fraction of sp³-hybridized carbons (Fsp3) is 0.954. The molecule has 0 amide bonds. The van der Waals surface area contributed by atoms with Crippen molar-refractivity contribution in [3.63, 3.8) is 0 Å². The zero-order chi connectivity index (χ0) is 78.1. The van der Waals surface area contributed by atoms with E-state index in [1.165, 1.54) is 250 Å². The van der Waals surface area contributed by atoms with Gasteiger partial charge in [-0.1, -0.05) is 402 Å². The molecule has 17 nitrogen and oxygen atoms in total. The lowest BCUT2D eigenvalue weighted by molar-refractivity contribution is -0.161. The number of hydrogen-bond donors (Lipinski definition) is 3. The van der Waals surface area contributed by atoms with Gasteiger partial charge in [-0.15, -0.1) is 0 Å². The summed E-state index contributed by atoms with van der Waals surface area (Å²) in [6.45, 7) is 14.3. The van der Waals surface area contributed by atoms with E-state index in [1.54, 1.807) is 0 Å². The Morgan fingerprint density at radius 3 is 0.670 bits per heavy atom. The van der Waals surface area contributed by atoms with Crippen molar-refractivity contribution in [2.75, 3.05) is 39.6 Å². The molecule has 0 aliphatic rings. The van der Waals surface area contributed by atoms with Crippen molar-refractivity contribution in [2.45, 2.75) is 472 Å². The number of carbonyl (C=O) groups excluding carboxylic acids is 4. The molecule has 106 heavy (non-hydrogen) atoms. The molecule has 630 valence electrons. The zero-order valence-corrected chi connectivity index (χ0v) is 71.9. The van der Waals surface area contributed by atoms with Crippen LogP contribution in [0.1, 0.15) is 453 Å². The van der Waals surface area contributed by atoms with Gasteiger partial charge >= 0.3 is 39.5 Å². The summed E-state index contributed by atoms with van der Waals surface area (Å²) in [4.78, 5) is 73.2. The monoisotopic (exact) mass is 1550 g/mol. The number of esters is 4. The van der Waals surface area contributed by atoms with Crippen molar-refractivity contribution in [1.82, 2.24) is 0 Å². The summed E-state index contributed by atoms with van der Waals surface area (Å²) in [5.41, 5.74) is 0. The lowest BCUT2D eigenvalue weighted by Gasteiger charge is -2.21. The first-order valence-corrected chi connectivity index (χ1v) is 47.7. The van der Waals surface area contributed by atoms with Crippen LogP contribution in [-0.2, 0) is 65.4 Å². The number of aliphatic hydroxyl groups excluding tert-OH is 1. The molecule has 0 radical (unpaired) electrons. The van der Waals surface area contributed by atoms with Gasteiger partial charge in [0, 0.05) is 25.7 Å². The molecule has 0 rings (SSSR count). The van der Waals surface area contributed by atoms with E-state index in [9.17, 15) is 43.2 Å². The second-order valence-corrected chi connectivity index (χ2v) is 35.9. The van der Waals surface area contributed by atoms with Crippen molar-refractivity contribution in [3.05, 3.63) is 0 Å². The average Bonchev–Trinajstić information content (AvgIpc) is 0.899. The van der Waals surface area contributed by atoms with E-state index in [4.69, 9.17) is 37.0 Å². The zero-order valence-electron chi connectivity index (χ0n) is 70.1. The van der Waals surface area contributed by atoms with Crippen LogP contribution in [0, 0.1) is 23.7 Å². The lowest BCUT2D eigenvalue weighted by Crippen LogP contribution is -2.30. The normalized spacial score (nSPS) is 14.2. The molecule has 0 bridgehead atoms. The van der Waals surface area contributed by atoms with E-state index in [1.807, 2.05) is 0 Å². The predicted molar refractivity (Wildman–Crippen MR) is 437 cm³/mol. The first-order valence-electron chi connectivity index (χ1n) is 44.7. The third kappa shape index (κ3) is 78.7. The summed E-state index contributed by atoms with van der Waals surface area (Å²) >= 11 is 0. The SMILES string of the molecule is CCC(C)CCCCCCCCCCCCCCCCCCCCC(=O)OC[C@H](COP(=O)(O)OCC(O)COP(=O)(O)OC[C@@H](COC(=O)CCCCCCCCCC(C)C)OC(=O)CCCCCCCCCCCCCCCCC(C)C)OC(=O)CCCCCCCCCCCCCCCCC(C)C. The lowest BCUT2D eigenvalue weighted by atomic mass is 9.99. The van der Waals surface area contributed by atoms with Crippen LogP contribution in [0.2, 0.25) is 0 Å². The minimum atomic E-state index is -4.97. The van der Waals surface area contributed by atoms with Crippen LogP contribution >= 0.6 is 15.6 Å². The molecule has 3 N–H and O–H groups in total. The smallest absolute Gasteiger partial charge is 0.462 e. The van der Waals surface area contributed by atoms with Gasteiger partial charge in [-0.25, -0.2) is 9.13 Å². The van der Waals surface area contributed by atoms with Gasteiger partial charge in [-0.05, 0) is 49.4 Å². The molecule has 0 heterocycles. The number of ether oxygens (including phenoxy) is 4. The van der Waals surface area contributed by atoms with Crippen LogP contribution in [-0.4, -0.2) is 96.7 Å². The van der Waals surface area contributed by atoms with Crippen molar-refractivity contribution in [3.8, 4) is 0 Å². The summed E-state index contributed by atoms with van der Waals surface area (Å²) in [6, 6.07) is 0. The number of carbonyl (C=O) groups is 4. The van der Waals surface area contributed by atoms with E-state index in [0.29, 0.717) is 31.6 Å². The molecule has 0 spiro atoms. The van der Waals surface area contributed by atoms with Crippen LogP contribution in [0.5, 0.6) is 0 Å². The summed E-state index contributed by atoms with van der Waals surface area (Å²) in [5.74, 6) is 1.06. The molecule has 0 aliphatic carbocycles. The van der Waals surface area contributed by atoms with Crippen LogP contribution < -0.4 is 0 Å². The van der Waals surface area contributed by atoms with Gasteiger partial charge in [0.1, 0.15) is 19.3 Å². The Morgan fingerprint density at radius 2 is 0.453 bits per heavy atom. The molecule has 0 aliphatic heterocycles. The Hall–Kier alpha value is -1.94. The fourth-order valence-electron chi connectivity index (χ4n) is 13.5. The minimum absolute atomic E-state index is 0.107. The highest BCUT2D eigenvalue weighted by Gasteiger charge is 2.31. The Morgan fingerprint density at radius 1 is 0.264 bits per heavy atom. The second kappa shape index (κ2) is 75.7. The largest absolute Gasteiger partial charge is 0.472 e. The standard InChI is InChI=1S/C87H170O17P2/c1-9-80(8)66-58-50-42-34-28-22-14-12-10-11-13-15-23-29-35-43-51-59-67-84(89)97-73-82(103-86(91)69-61-53-44-36-30-24-18-16-20-26-32-39-47-55-63-77(2)3)75-101-105(93,94)99-71-81(88)72-100-106(95,96)102-76-83(74-98-85(90)68-60-52-46-38-41-49-57-65-79(6)7)104-87(92)70-62-54-45-37-31-25-19-17-21-27-33-40-48-56-64-78(4)5/h77-83,88H,9-76H2,1-8H3,(H,93,94)(H,95,96)/t80?,81?,82-,83-/m1/s1. The first-order chi connectivity index (χ1) is 51.1. The number of phosphoric acid groups is 2. The maximum atomic E-state index is 13.1. The number of unbranched alkanes of at least 4 members (excludes halogenated alkanes) is 49. The van der Waals surface area contributed by atoms with Crippen molar-refractivity contribution in [1.29, 1.82) is 0 Å².